The van der Waals surface area contributed by atoms with Crippen LogP contribution in [0.2, 0.25) is 0 Å². The first-order valence-electron chi connectivity index (χ1n) is 7.11. The van der Waals surface area contributed by atoms with Gasteiger partial charge in [0.05, 0.1) is 17.5 Å². The van der Waals surface area contributed by atoms with Crippen LogP contribution in [-0.2, 0) is 14.8 Å². The van der Waals surface area contributed by atoms with Crippen LogP contribution in [0.5, 0.6) is 0 Å². The Kier molecular flexibility index (Phi) is 4.84. The van der Waals surface area contributed by atoms with Crippen LogP contribution in [0, 0.1) is 0 Å². The molecule has 1 aromatic rings. The minimum atomic E-state index is -3.21. The summed E-state index contributed by atoms with van der Waals surface area (Å²) in [7, 11) is -3.21. The number of sulfonamides is 1. The molecule has 2 rings (SSSR count). The maximum atomic E-state index is 11.9. The Labute approximate surface area is 125 Å². The lowest BCUT2D eigenvalue weighted by Crippen LogP contribution is -2.35. The van der Waals surface area contributed by atoms with Crippen molar-refractivity contribution in [2.45, 2.75) is 32.2 Å². The molecule has 0 aliphatic carbocycles. The fourth-order valence-electron chi connectivity index (χ4n) is 2.35. The molecule has 1 heterocycles. The molecule has 7 heteroatoms. The molecule has 0 saturated carbocycles. The van der Waals surface area contributed by atoms with Gasteiger partial charge in [0.2, 0.25) is 15.9 Å². The number of anilines is 2. The number of nitrogens with one attached hydrogen (secondary N) is 1. The van der Waals surface area contributed by atoms with Gasteiger partial charge in [-0.15, -0.1) is 0 Å². The van der Waals surface area contributed by atoms with Gasteiger partial charge in [0.1, 0.15) is 0 Å². The number of nitrogens with zero attached hydrogens (tertiary/aromatic N) is 1. The molecule has 1 amide bonds. The molecule has 1 aliphatic heterocycles. The van der Waals surface area contributed by atoms with Crippen molar-refractivity contribution in [2.24, 2.45) is 5.73 Å². The Bertz CT molecular complexity index is 616. The number of hydrogen-bond acceptors (Lipinski definition) is 4. The second-order valence-corrected chi connectivity index (χ2v) is 7.19. The molecule has 1 unspecified atom stereocenters. The monoisotopic (exact) mass is 311 g/mol. The largest absolute Gasteiger partial charge is 0.325 e. The zero-order chi connectivity index (χ0) is 15.5. The van der Waals surface area contributed by atoms with Gasteiger partial charge in [0, 0.05) is 12.2 Å². The SMILES string of the molecule is CCCC(N)C(=O)Nc1cccc(N2CCCS2(=O)=O)c1. The van der Waals surface area contributed by atoms with E-state index < -0.39 is 16.1 Å². The van der Waals surface area contributed by atoms with E-state index in [9.17, 15) is 13.2 Å². The highest BCUT2D eigenvalue weighted by Gasteiger charge is 2.28. The van der Waals surface area contributed by atoms with E-state index in [0.717, 1.165) is 6.42 Å². The van der Waals surface area contributed by atoms with Gasteiger partial charge in [0.25, 0.3) is 0 Å². The molecular weight excluding hydrogens is 290 g/mol. The van der Waals surface area contributed by atoms with E-state index in [2.05, 4.69) is 5.32 Å². The molecule has 1 atom stereocenters. The first kappa shape index (κ1) is 15.8. The van der Waals surface area contributed by atoms with Crippen molar-refractivity contribution in [3.63, 3.8) is 0 Å². The van der Waals surface area contributed by atoms with Crippen molar-refractivity contribution in [1.82, 2.24) is 0 Å². The Morgan fingerprint density at radius 1 is 1.48 bits per heavy atom. The van der Waals surface area contributed by atoms with E-state index in [-0.39, 0.29) is 11.7 Å². The normalized spacial score (nSPS) is 18.5. The number of amides is 1. The highest BCUT2D eigenvalue weighted by atomic mass is 32.2. The second kappa shape index (κ2) is 6.44. The molecule has 6 nitrogen and oxygen atoms in total. The number of nitrogens with two attached hydrogens (primary N) is 1. The summed E-state index contributed by atoms with van der Waals surface area (Å²) in [5.41, 5.74) is 6.90. The molecule has 1 fully saturated rings. The van der Waals surface area contributed by atoms with E-state index in [4.69, 9.17) is 5.73 Å². The van der Waals surface area contributed by atoms with Gasteiger partial charge >= 0.3 is 0 Å². The first-order valence-corrected chi connectivity index (χ1v) is 8.72. The molecule has 3 N–H and O–H groups in total. The number of benzene rings is 1. The van der Waals surface area contributed by atoms with Gasteiger partial charge in [-0.05, 0) is 31.0 Å². The fourth-order valence-corrected chi connectivity index (χ4v) is 3.90. The molecular formula is C14H21N3O3S. The molecule has 0 bridgehead atoms. The van der Waals surface area contributed by atoms with Gasteiger partial charge in [-0.1, -0.05) is 19.4 Å². The van der Waals surface area contributed by atoms with Gasteiger partial charge in [-0.25, -0.2) is 8.42 Å². The fraction of sp³-hybridized carbons (Fsp3) is 0.500. The Morgan fingerprint density at radius 3 is 2.86 bits per heavy atom. The first-order chi connectivity index (χ1) is 9.94. The molecule has 0 aromatic heterocycles. The van der Waals surface area contributed by atoms with Crippen molar-refractivity contribution in [2.75, 3.05) is 21.9 Å². The number of carbonyl (C=O) groups is 1. The van der Waals surface area contributed by atoms with Crippen LogP contribution in [0.4, 0.5) is 11.4 Å². The molecule has 1 saturated heterocycles. The highest BCUT2D eigenvalue weighted by Crippen LogP contribution is 2.26. The summed E-state index contributed by atoms with van der Waals surface area (Å²) < 4.78 is 25.2. The number of carbonyl (C=O) groups excluding carboxylic acids is 1. The second-order valence-electron chi connectivity index (χ2n) is 5.18. The van der Waals surface area contributed by atoms with E-state index in [1.54, 1.807) is 24.3 Å². The molecule has 0 spiro atoms. The van der Waals surface area contributed by atoms with E-state index in [1.807, 2.05) is 6.92 Å². The molecule has 116 valence electrons. The van der Waals surface area contributed by atoms with Crippen LogP contribution < -0.4 is 15.4 Å². The Balaban J connectivity index is 2.13. The van der Waals surface area contributed by atoms with Crippen molar-refractivity contribution < 1.29 is 13.2 Å². The summed E-state index contributed by atoms with van der Waals surface area (Å²) in [6, 6.07) is 6.30. The lowest BCUT2D eigenvalue weighted by Gasteiger charge is -2.18. The van der Waals surface area contributed by atoms with E-state index in [0.29, 0.717) is 30.8 Å². The summed E-state index contributed by atoms with van der Waals surface area (Å²) >= 11 is 0. The molecule has 1 aromatic carbocycles. The smallest absolute Gasteiger partial charge is 0.241 e. The van der Waals surface area contributed by atoms with E-state index in [1.165, 1.54) is 4.31 Å². The average Bonchev–Trinajstić information content (AvgIpc) is 2.79. The Hall–Kier alpha value is -1.60. The maximum absolute atomic E-state index is 11.9. The lowest BCUT2D eigenvalue weighted by molar-refractivity contribution is -0.117. The van der Waals surface area contributed by atoms with Crippen LogP contribution >= 0.6 is 0 Å². The van der Waals surface area contributed by atoms with Gasteiger partial charge in [-0.3, -0.25) is 9.10 Å². The van der Waals surface area contributed by atoms with Crippen molar-refractivity contribution >= 4 is 27.3 Å². The van der Waals surface area contributed by atoms with Crippen LogP contribution in [0.15, 0.2) is 24.3 Å². The zero-order valence-electron chi connectivity index (χ0n) is 12.1. The van der Waals surface area contributed by atoms with Crippen LogP contribution in [-0.4, -0.2) is 32.7 Å². The van der Waals surface area contributed by atoms with E-state index >= 15 is 0 Å². The Morgan fingerprint density at radius 2 is 2.24 bits per heavy atom. The third-order valence-electron chi connectivity index (χ3n) is 3.44. The maximum Gasteiger partial charge on any atom is 0.241 e. The van der Waals surface area contributed by atoms with Gasteiger partial charge in [0.15, 0.2) is 0 Å². The molecule has 0 radical (unpaired) electrons. The van der Waals surface area contributed by atoms with Crippen LogP contribution in [0.25, 0.3) is 0 Å². The van der Waals surface area contributed by atoms with Crippen LogP contribution in [0.3, 0.4) is 0 Å². The summed E-state index contributed by atoms with van der Waals surface area (Å²) in [5, 5.41) is 2.73. The highest BCUT2D eigenvalue weighted by molar-refractivity contribution is 7.93. The average molecular weight is 311 g/mol. The number of hydrogen-bond donors (Lipinski definition) is 2. The summed E-state index contributed by atoms with van der Waals surface area (Å²) in [6.45, 7) is 2.45. The van der Waals surface area contributed by atoms with Gasteiger partial charge in [-0.2, -0.15) is 0 Å². The predicted octanol–water partition coefficient (Wildman–Crippen LogP) is 1.29. The summed E-state index contributed by atoms with van der Waals surface area (Å²) in [4.78, 5) is 11.9. The minimum Gasteiger partial charge on any atom is -0.325 e. The number of rotatable bonds is 5. The third-order valence-corrected chi connectivity index (χ3v) is 5.31. The van der Waals surface area contributed by atoms with Crippen molar-refractivity contribution in [1.29, 1.82) is 0 Å². The minimum absolute atomic E-state index is 0.172. The quantitative estimate of drug-likeness (QED) is 0.857. The zero-order valence-corrected chi connectivity index (χ0v) is 12.9. The van der Waals surface area contributed by atoms with Crippen LogP contribution in [0.1, 0.15) is 26.2 Å². The molecule has 1 aliphatic rings. The lowest BCUT2D eigenvalue weighted by atomic mass is 10.1. The third kappa shape index (κ3) is 3.74. The summed E-state index contributed by atoms with van der Waals surface area (Å²) in [6.07, 6.45) is 2.08. The van der Waals surface area contributed by atoms with Crippen molar-refractivity contribution in [3.8, 4) is 0 Å². The molecule has 21 heavy (non-hydrogen) atoms. The topological polar surface area (TPSA) is 92.5 Å². The summed E-state index contributed by atoms with van der Waals surface area (Å²) in [5.74, 6) is -0.0800. The standard InChI is InChI=1S/C14H21N3O3S/c1-2-5-13(15)14(18)16-11-6-3-7-12(10-11)17-8-4-9-21(17,19)20/h3,6-7,10,13H,2,4-5,8-9,15H2,1H3,(H,16,18). The van der Waals surface area contributed by atoms with Gasteiger partial charge < -0.3 is 11.1 Å². The predicted molar refractivity (Wildman–Crippen MR) is 83.7 cm³/mol. The van der Waals surface area contributed by atoms with Crippen molar-refractivity contribution in [3.05, 3.63) is 24.3 Å².